The molecule has 0 saturated heterocycles. The highest BCUT2D eigenvalue weighted by molar-refractivity contribution is 4.80. The molecule has 0 radical (unpaired) electrons. The fourth-order valence-electron chi connectivity index (χ4n) is 0.927. The smallest absolute Gasteiger partial charge is 0.0246 e. The average Bonchev–Trinajstić information content (AvgIpc) is 2.04. The van der Waals surface area contributed by atoms with E-state index in [1.54, 1.807) is 0 Å². The maximum absolute atomic E-state index is 3.51. The second-order valence-corrected chi connectivity index (χ2v) is 5.26. The zero-order valence-electron chi connectivity index (χ0n) is 10.1. The van der Waals surface area contributed by atoms with Crippen LogP contribution in [-0.2, 0) is 0 Å². The van der Waals surface area contributed by atoms with Crippen molar-refractivity contribution in [2.75, 3.05) is 20.1 Å². The lowest BCUT2D eigenvalue weighted by molar-refractivity contribution is 0.301. The second kappa shape index (κ2) is 4.97. The molecule has 0 fully saturated rings. The molecule has 80 valence electrons. The van der Waals surface area contributed by atoms with Gasteiger partial charge in [0.05, 0.1) is 0 Å². The Bertz CT molecular complexity index is 123. The Labute approximate surface area is 83.5 Å². The van der Waals surface area contributed by atoms with Crippen molar-refractivity contribution in [1.82, 2.24) is 10.6 Å². The van der Waals surface area contributed by atoms with E-state index >= 15 is 0 Å². The molecule has 0 atom stereocenters. The van der Waals surface area contributed by atoms with E-state index in [-0.39, 0.29) is 5.54 Å². The van der Waals surface area contributed by atoms with E-state index in [1.807, 2.05) is 7.05 Å². The number of hydrogen-bond donors (Lipinski definition) is 2. The molecule has 0 aliphatic carbocycles. The van der Waals surface area contributed by atoms with Gasteiger partial charge in [0.15, 0.2) is 0 Å². The van der Waals surface area contributed by atoms with Crippen molar-refractivity contribution in [3.8, 4) is 0 Å². The first-order valence-electron chi connectivity index (χ1n) is 5.22. The minimum absolute atomic E-state index is 0.198. The van der Waals surface area contributed by atoms with E-state index in [2.05, 4.69) is 45.3 Å². The lowest BCUT2D eigenvalue weighted by Crippen LogP contribution is -2.47. The van der Waals surface area contributed by atoms with Crippen molar-refractivity contribution in [1.29, 1.82) is 0 Å². The van der Waals surface area contributed by atoms with E-state index in [9.17, 15) is 0 Å². The van der Waals surface area contributed by atoms with Crippen LogP contribution in [0.2, 0.25) is 0 Å². The lowest BCUT2D eigenvalue weighted by atomic mass is 9.90. The summed E-state index contributed by atoms with van der Waals surface area (Å²) in [7, 11) is 2.01. The molecule has 0 rings (SSSR count). The van der Waals surface area contributed by atoms with Gasteiger partial charge in [-0.25, -0.2) is 0 Å². The first-order valence-corrected chi connectivity index (χ1v) is 5.22. The molecule has 0 aromatic carbocycles. The third-order valence-electron chi connectivity index (χ3n) is 2.80. The molecule has 2 nitrogen and oxygen atoms in total. The summed E-state index contributed by atoms with van der Waals surface area (Å²) in [6.45, 7) is 13.4. The summed E-state index contributed by atoms with van der Waals surface area (Å²) in [5.41, 5.74) is 0.619. The molecule has 0 aromatic rings. The van der Waals surface area contributed by atoms with Gasteiger partial charge in [0, 0.05) is 18.6 Å². The largest absolute Gasteiger partial charge is 0.314 e. The molecule has 0 aromatic heterocycles. The van der Waals surface area contributed by atoms with Crippen LogP contribution in [0.5, 0.6) is 0 Å². The molecule has 0 aliphatic rings. The highest BCUT2D eigenvalue weighted by Crippen LogP contribution is 2.17. The van der Waals surface area contributed by atoms with Gasteiger partial charge < -0.3 is 10.6 Å². The molecule has 0 amide bonds. The predicted molar refractivity (Wildman–Crippen MR) is 60.1 cm³/mol. The fourth-order valence-corrected chi connectivity index (χ4v) is 0.927. The molecular formula is C11H26N2. The van der Waals surface area contributed by atoms with E-state index in [0.29, 0.717) is 5.41 Å². The monoisotopic (exact) mass is 186 g/mol. The van der Waals surface area contributed by atoms with Gasteiger partial charge in [-0.3, -0.25) is 0 Å². The van der Waals surface area contributed by atoms with Crippen LogP contribution in [0.1, 0.15) is 41.0 Å². The Morgan fingerprint density at radius 1 is 1.00 bits per heavy atom. The normalized spacial score (nSPS) is 13.4. The SMILES string of the molecule is CCC(C)(C)CNCC(C)(C)NC. The zero-order valence-corrected chi connectivity index (χ0v) is 10.1. The Kier molecular flexibility index (Phi) is 4.93. The molecule has 13 heavy (non-hydrogen) atoms. The van der Waals surface area contributed by atoms with Crippen LogP contribution in [0.4, 0.5) is 0 Å². The van der Waals surface area contributed by atoms with E-state index in [4.69, 9.17) is 0 Å². The van der Waals surface area contributed by atoms with Crippen molar-refractivity contribution in [3.05, 3.63) is 0 Å². The first kappa shape index (κ1) is 12.9. The third kappa shape index (κ3) is 6.05. The maximum atomic E-state index is 3.51. The number of rotatable bonds is 6. The maximum Gasteiger partial charge on any atom is 0.0246 e. The Morgan fingerprint density at radius 2 is 1.54 bits per heavy atom. The van der Waals surface area contributed by atoms with Crippen molar-refractivity contribution >= 4 is 0 Å². The summed E-state index contributed by atoms with van der Waals surface area (Å²) in [4.78, 5) is 0. The molecule has 0 unspecified atom stereocenters. The molecule has 2 N–H and O–H groups in total. The number of likely N-dealkylation sites (N-methyl/N-ethyl adjacent to an activating group) is 1. The molecule has 0 saturated carbocycles. The van der Waals surface area contributed by atoms with Gasteiger partial charge in [0.25, 0.3) is 0 Å². The van der Waals surface area contributed by atoms with Crippen molar-refractivity contribution in [2.24, 2.45) is 5.41 Å². The quantitative estimate of drug-likeness (QED) is 0.663. The summed E-state index contributed by atoms with van der Waals surface area (Å²) in [6, 6.07) is 0. The zero-order chi connectivity index (χ0) is 10.5. The minimum Gasteiger partial charge on any atom is -0.314 e. The summed E-state index contributed by atoms with van der Waals surface area (Å²) < 4.78 is 0. The summed E-state index contributed by atoms with van der Waals surface area (Å²) >= 11 is 0. The van der Waals surface area contributed by atoms with Crippen molar-refractivity contribution in [3.63, 3.8) is 0 Å². The van der Waals surface area contributed by atoms with Crippen LogP contribution in [0, 0.1) is 5.41 Å². The number of hydrogen-bond acceptors (Lipinski definition) is 2. The second-order valence-electron chi connectivity index (χ2n) is 5.26. The van der Waals surface area contributed by atoms with Crippen LogP contribution in [-0.4, -0.2) is 25.7 Å². The fraction of sp³-hybridized carbons (Fsp3) is 1.00. The Balaban J connectivity index is 3.68. The van der Waals surface area contributed by atoms with Crippen molar-refractivity contribution in [2.45, 2.75) is 46.6 Å². The molecule has 0 spiro atoms. The molecule has 2 heteroatoms. The van der Waals surface area contributed by atoms with Gasteiger partial charge >= 0.3 is 0 Å². The topological polar surface area (TPSA) is 24.1 Å². The Morgan fingerprint density at radius 3 is 1.92 bits per heavy atom. The number of nitrogens with one attached hydrogen (secondary N) is 2. The van der Waals surface area contributed by atoms with Crippen molar-refractivity contribution < 1.29 is 0 Å². The molecule has 0 heterocycles. The van der Waals surface area contributed by atoms with Crippen LogP contribution < -0.4 is 10.6 Å². The standard InChI is InChI=1S/C11H26N2/c1-7-10(2,3)8-13-9-11(4,5)12-6/h12-13H,7-9H2,1-6H3. The van der Waals surface area contributed by atoms with E-state index in [1.165, 1.54) is 6.42 Å². The van der Waals surface area contributed by atoms with Crippen LogP contribution in [0.25, 0.3) is 0 Å². The molecular weight excluding hydrogens is 160 g/mol. The van der Waals surface area contributed by atoms with Gasteiger partial charge in [0.1, 0.15) is 0 Å². The summed E-state index contributed by atoms with van der Waals surface area (Å²) in [5, 5.41) is 6.79. The van der Waals surface area contributed by atoms with Crippen LogP contribution >= 0.6 is 0 Å². The van der Waals surface area contributed by atoms with Crippen LogP contribution in [0.3, 0.4) is 0 Å². The predicted octanol–water partition coefficient (Wildman–Crippen LogP) is 2.01. The summed E-state index contributed by atoms with van der Waals surface area (Å²) in [5.74, 6) is 0. The van der Waals surface area contributed by atoms with Gasteiger partial charge in [-0.05, 0) is 32.7 Å². The van der Waals surface area contributed by atoms with Gasteiger partial charge in [-0.15, -0.1) is 0 Å². The lowest BCUT2D eigenvalue weighted by Gasteiger charge is -2.28. The average molecular weight is 186 g/mol. The van der Waals surface area contributed by atoms with E-state index < -0.39 is 0 Å². The van der Waals surface area contributed by atoms with Gasteiger partial charge in [-0.2, -0.15) is 0 Å². The highest BCUT2D eigenvalue weighted by atomic mass is 15.0. The Hall–Kier alpha value is -0.0800. The first-order chi connectivity index (χ1) is 5.83. The van der Waals surface area contributed by atoms with Gasteiger partial charge in [-0.1, -0.05) is 20.8 Å². The van der Waals surface area contributed by atoms with Crippen LogP contribution in [0.15, 0.2) is 0 Å². The third-order valence-corrected chi connectivity index (χ3v) is 2.80. The summed E-state index contributed by atoms with van der Waals surface area (Å²) in [6.07, 6.45) is 1.22. The molecule has 0 aliphatic heterocycles. The minimum atomic E-state index is 0.198. The van der Waals surface area contributed by atoms with Gasteiger partial charge in [0.2, 0.25) is 0 Å². The molecule has 0 bridgehead atoms. The van der Waals surface area contributed by atoms with E-state index in [0.717, 1.165) is 13.1 Å². The highest BCUT2D eigenvalue weighted by Gasteiger charge is 2.18.